The minimum atomic E-state index is -0.782. The largest absolute Gasteiger partial charge is 0.374 e. The van der Waals surface area contributed by atoms with Gasteiger partial charge in [-0.15, -0.1) is 0 Å². The Labute approximate surface area is 181 Å². The smallest absolute Gasteiger partial charge is 0.229 e. The maximum absolute atomic E-state index is 12.6. The Kier molecular flexibility index (Phi) is 4.83. The molecule has 0 aromatic heterocycles. The normalized spacial score (nSPS) is 25.3. The molecule has 2 unspecified atom stereocenters. The summed E-state index contributed by atoms with van der Waals surface area (Å²) in [5.74, 6) is -0.334. The van der Waals surface area contributed by atoms with Crippen molar-refractivity contribution in [2.75, 3.05) is 4.90 Å². The molecule has 1 saturated carbocycles. The van der Waals surface area contributed by atoms with Gasteiger partial charge in [0.15, 0.2) is 0 Å². The number of anilines is 1. The molecule has 1 spiro atoms. The lowest BCUT2D eigenvalue weighted by atomic mass is 9.88. The molecule has 30 heavy (non-hydrogen) atoms. The third-order valence-corrected chi connectivity index (χ3v) is 7.20. The zero-order valence-corrected chi connectivity index (χ0v) is 17.5. The highest BCUT2D eigenvalue weighted by atomic mass is 35.5. The minimum Gasteiger partial charge on any atom is -0.374 e. The molecule has 2 N–H and O–H groups in total. The van der Waals surface area contributed by atoms with Crippen molar-refractivity contribution in [2.24, 2.45) is 0 Å². The fourth-order valence-corrected chi connectivity index (χ4v) is 5.38. The average molecular weight is 425 g/mol. The van der Waals surface area contributed by atoms with Crippen LogP contribution in [-0.2, 0) is 9.59 Å². The lowest BCUT2D eigenvalue weighted by Crippen LogP contribution is -2.45. The van der Waals surface area contributed by atoms with E-state index in [1.165, 1.54) is 0 Å². The van der Waals surface area contributed by atoms with Gasteiger partial charge in [-0.2, -0.15) is 0 Å². The first-order chi connectivity index (χ1) is 14.5. The zero-order valence-electron chi connectivity index (χ0n) is 16.7. The molecule has 5 rings (SSSR count). The SMILES string of the molecule is O=C1NC(O)CCC1c1cccc(-c2ccc(N3C(=O)CCCC34CC4)cc2)c1Cl. The molecular weight excluding hydrogens is 400 g/mol. The summed E-state index contributed by atoms with van der Waals surface area (Å²) in [4.78, 5) is 26.9. The van der Waals surface area contributed by atoms with Crippen LogP contribution in [0, 0.1) is 0 Å². The molecule has 5 nitrogen and oxygen atoms in total. The molecule has 2 atom stereocenters. The zero-order chi connectivity index (χ0) is 20.9. The van der Waals surface area contributed by atoms with Crippen molar-refractivity contribution < 1.29 is 14.7 Å². The van der Waals surface area contributed by atoms with Crippen LogP contribution >= 0.6 is 11.6 Å². The van der Waals surface area contributed by atoms with Gasteiger partial charge in [0.05, 0.1) is 10.9 Å². The third kappa shape index (κ3) is 3.30. The fraction of sp³-hybridized carbons (Fsp3) is 0.417. The first kappa shape index (κ1) is 19.6. The highest BCUT2D eigenvalue weighted by Gasteiger charge is 2.52. The van der Waals surface area contributed by atoms with Crippen LogP contribution in [0.15, 0.2) is 42.5 Å². The molecule has 2 heterocycles. The third-order valence-electron chi connectivity index (χ3n) is 6.78. The topological polar surface area (TPSA) is 69.6 Å². The van der Waals surface area contributed by atoms with Crippen molar-refractivity contribution in [3.63, 3.8) is 0 Å². The van der Waals surface area contributed by atoms with Crippen molar-refractivity contribution >= 4 is 29.1 Å². The van der Waals surface area contributed by atoms with Crippen molar-refractivity contribution in [3.05, 3.63) is 53.1 Å². The summed E-state index contributed by atoms with van der Waals surface area (Å²) >= 11 is 6.74. The summed E-state index contributed by atoms with van der Waals surface area (Å²) in [5, 5.41) is 12.8. The van der Waals surface area contributed by atoms with Crippen molar-refractivity contribution in [2.45, 2.75) is 62.6 Å². The Morgan fingerprint density at radius 1 is 1.03 bits per heavy atom. The molecular formula is C24H25ClN2O3. The summed E-state index contributed by atoms with van der Waals surface area (Å²) in [6, 6.07) is 13.8. The molecule has 156 valence electrons. The lowest BCUT2D eigenvalue weighted by molar-refractivity contribution is -0.128. The Morgan fingerprint density at radius 3 is 2.50 bits per heavy atom. The molecule has 0 bridgehead atoms. The Balaban J connectivity index is 1.44. The van der Waals surface area contributed by atoms with E-state index in [-0.39, 0.29) is 23.3 Å². The van der Waals surface area contributed by atoms with Gasteiger partial charge in [0.1, 0.15) is 6.23 Å². The summed E-state index contributed by atoms with van der Waals surface area (Å²) < 4.78 is 0. The number of benzene rings is 2. The average Bonchev–Trinajstić information content (AvgIpc) is 3.49. The minimum absolute atomic E-state index is 0.0489. The van der Waals surface area contributed by atoms with Gasteiger partial charge < -0.3 is 15.3 Å². The summed E-state index contributed by atoms with van der Waals surface area (Å²) in [5.41, 5.74) is 3.61. The molecule has 2 amide bonds. The van der Waals surface area contributed by atoms with Crippen LogP contribution in [0.3, 0.4) is 0 Å². The van der Waals surface area contributed by atoms with E-state index in [0.29, 0.717) is 24.3 Å². The number of amides is 2. The van der Waals surface area contributed by atoms with Gasteiger partial charge in [-0.05, 0) is 61.8 Å². The number of halogens is 1. The molecule has 1 aliphatic carbocycles. The molecule has 3 aliphatic rings. The van der Waals surface area contributed by atoms with E-state index in [1.54, 1.807) is 0 Å². The number of nitrogens with zero attached hydrogens (tertiary/aromatic N) is 1. The van der Waals surface area contributed by atoms with Gasteiger partial charge in [0, 0.05) is 23.2 Å². The highest BCUT2D eigenvalue weighted by molar-refractivity contribution is 6.34. The van der Waals surface area contributed by atoms with Gasteiger partial charge in [0.2, 0.25) is 11.8 Å². The Morgan fingerprint density at radius 2 is 1.80 bits per heavy atom. The van der Waals surface area contributed by atoms with Gasteiger partial charge in [0.25, 0.3) is 0 Å². The van der Waals surface area contributed by atoms with Gasteiger partial charge in [-0.3, -0.25) is 9.59 Å². The molecule has 2 aromatic rings. The van der Waals surface area contributed by atoms with E-state index < -0.39 is 6.23 Å². The monoisotopic (exact) mass is 424 g/mol. The summed E-state index contributed by atoms with van der Waals surface area (Å²) in [7, 11) is 0. The predicted octanol–water partition coefficient (Wildman–Crippen LogP) is 4.37. The number of carbonyl (C=O) groups excluding carboxylic acids is 2. The first-order valence-corrected chi connectivity index (χ1v) is 11.1. The van der Waals surface area contributed by atoms with Crippen molar-refractivity contribution in [1.82, 2.24) is 5.32 Å². The highest BCUT2D eigenvalue weighted by Crippen LogP contribution is 2.50. The number of aliphatic hydroxyl groups excluding tert-OH is 1. The lowest BCUT2D eigenvalue weighted by Gasteiger charge is -2.36. The number of carbonyl (C=O) groups is 2. The number of nitrogens with one attached hydrogen (secondary N) is 1. The quantitative estimate of drug-likeness (QED) is 0.768. The van der Waals surface area contributed by atoms with E-state index in [1.807, 2.05) is 47.4 Å². The number of hydrogen-bond acceptors (Lipinski definition) is 3. The summed E-state index contributed by atoms with van der Waals surface area (Å²) in [6.45, 7) is 0. The van der Waals surface area contributed by atoms with Crippen LogP contribution < -0.4 is 10.2 Å². The number of aliphatic hydroxyl groups is 1. The second-order valence-corrected chi connectivity index (χ2v) is 9.09. The van der Waals surface area contributed by atoms with Gasteiger partial charge >= 0.3 is 0 Å². The van der Waals surface area contributed by atoms with Crippen LogP contribution in [0.1, 0.15) is 56.4 Å². The molecule has 2 aliphatic heterocycles. The number of rotatable bonds is 3. The molecule has 2 aromatic carbocycles. The number of piperidine rings is 2. The summed E-state index contributed by atoms with van der Waals surface area (Å²) in [6.07, 6.45) is 5.17. The Bertz CT molecular complexity index is 1000. The maximum atomic E-state index is 12.6. The second-order valence-electron chi connectivity index (χ2n) is 8.72. The molecule has 3 fully saturated rings. The van der Waals surface area contributed by atoms with E-state index >= 15 is 0 Å². The van der Waals surface area contributed by atoms with E-state index in [0.717, 1.165) is 48.1 Å². The van der Waals surface area contributed by atoms with E-state index in [9.17, 15) is 14.7 Å². The molecule has 6 heteroatoms. The van der Waals surface area contributed by atoms with E-state index in [2.05, 4.69) is 5.32 Å². The van der Waals surface area contributed by atoms with Crippen LogP contribution in [0.5, 0.6) is 0 Å². The molecule has 2 saturated heterocycles. The maximum Gasteiger partial charge on any atom is 0.229 e. The predicted molar refractivity (Wildman–Crippen MR) is 116 cm³/mol. The van der Waals surface area contributed by atoms with Crippen LogP contribution in [0.2, 0.25) is 5.02 Å². The number of hydrogen-bond donors (Lipinski definition) is 2. The van der Waals surface area contributed by atoms with Gasteiger partial charge in [-0.25, -0.2) is 0 Å². The second kappa shape index (κ2) is 7.40. The van der Waals surface area contributed by atoms with E-state index in [4.69, 9.17) is 11.6 Å². The van der Waals surface area contributed by atoms with Gasteiger partial charge in [-0.1, -0.05) is 41.9 Å². The standard InChI is InChI=1S/C24H25ClN2O3/c25-22-17(3-1-4-18(22)19-10-11-20(28)26-23(19)30)15-6-8-16(9-7-15)27-21(29)5-2-12-24(27)13-14-24/h1,3-4,6-9,19-20,28H,2,5,10-14H2,(H,26,30). The first-order valence-electron chi connectivity index (χ1n) is 10.7. The van der Waals surface area contributed by atoms with Crippen LogP contribution in [-0.4, -0.2) is 28.7 Å². The van der Waals surface area contributed by atoms with Crippen LogP contribution in [0.4, 0.5) is 5.69 Å². The fourth-order valence-electron chi connectivity index (χ4n) is 5.01. The van der Waals surface area contributed by atoms with Crippen molar-refractivity contribution in [1.29, 1.82) is 0 Å². The molecule has 0 radical (unpaired) electrons. The Hall–Kier alpha value is -2.37. The van der Waals surface area contributed by atoms with Crippen LogP contribution in [0.25, 0.3) is 11.1 Å². The van der Waals surface area contributed by atoms with Crippen molar-refractivity contribution in [3.8, 4) is 11.1 Å².